The summed E-state index contributed by atoms with van der Waals surface area (Å²) in [5.74, 6) is -2.56. The summed E-state index contributed by atoms with van der Waals surface area (Å²) in [5.41, 5.74) is -1.75. The van der Waals surface area contributed by atoms with Crippen LogP contribution >= 0.6 is 0 Å². The van der Waals surface area contributed by atoms with Crippen LogP contribution in [0.5, 0.6) is 0 Å². The Hall–Kier alpha value is -1.83. The van der Waals surface area contributed by atoms with Gasteiger partial charge in [0.15, 0.2) is 5.78 Å². The van der Waals surface area contributed by atoms with Crippen LogP contribution in [0.2, 0.25) is 0 Å². The monoisotopic (exact) mass is 239 g/mol. The molecule has 0 aliphatic heterocycles. The molecule has 2 nitrogen and oxygen atoms in total. The fourth-order valence-electron chi connectivity index (χ4n) is 1.93. The predicted molar refractivity (Wildman–Crippen MR) is 53.0 cm³/mol. The summed E-state index contributed by atoms with van der Waals surface area (Å²) in [7, 11) is 0. The molecule has 2 atom stereocenters. The molecule has 0 saturated heterocycles. The van der Waals surface area contributed by atoms with E-state index in [0.29, 0.717) is 0 Å². The first-order chi connectivity index (χ1) is 7.92. The van der Waals surface area contributed by atoms with E-state index in [2.05, 4.69) is 0 Å². The highest BCUT2D eigenvalue weighted by Crippen LogP contribution is 2.61. The Morgan fingerprint density at radius 3 is 2.35 bits per heavy atom. The maximum absolute atomic E-state index is 12.5. The van der Waals surface area contributed by atoms with E-state index < -0.39 is 29.7 Å². The molecule has 0 heterocycles. The lowest BCUT2D eigenvalue weighted by molar-refractivity contribution is -0.152. The van der Waals surface area contributed by atoms with Crippen molar-refractivity contribution in [1.29, 1.82) is 5.26 Å². The first kappa shape index (κ1) is 11.6. The summed E-state index contributed by atoms with van der Waals surface area (Å²) in [6, 6.07) is 9.16. The van der Waals surface area contributed by atoms with Gasteiger partial charge in [0, 0.05) is 5.56 Å². The Balaban J connectivity index is 2.30. The van der Waals surface area contributed by atoms with E-state index in [0.717, 1.165) is 0 Å². The number of carbonyl (C=O) groups excluding carboxylic acids is 1. The number of hydrogen-bond donors (Lipinski definition) is 0. The Kier molecular flexibility index (Phi) is 2.46. The van der Waals surface area contributed by atoms with Crippen LogP contribution in [0.15, 0.2) is 30.3 Å². The molecular formula is C12H8F3NO. The molecule has 0 unspecified atom stereocenters. The van der Waals surface area contributed by atoms with Crippen molar-refractivity contribution in [3.8, 4) is 6.07 Å². The van der Waals surface area contributed by atoms with E-state index in [-0.39, 0.29) is 5.56 Å². The van der Waals surface area contributed by atoms with Crippen LogP contribution in [0, 0.1) is 22.7 Å². The summed E-state index contributed by atoms with van der Waals surface area (Å²) in [4.78, 5) is 11.9. The van der Waals surface area contributed by atoms with Gasteiger partial charge in [-0.25, -0.2) is 0 Å². The smallest absolute Gasteiger partial charge is 0.292 e. The van der Waals surface area contributed by atoms with Crippen LogP contribution in [0.3, 0.4) is 0 Å². The second-order valence-electron chi connectivity index (χ2n) is 4.08. The van der Waals surface area contributed by atoms with Crippen molar-refractivity contribution >= 4 is 5.78 Å². The maximum Gasteiger partial charge on any atom is 0.393 e. The molecule has 5 heteroatoms. The van der Waals surface area contributed by atoms with Crippen LogP contribution < -0.4 is 0 Å². The number of Topliss-reactive ketones (excluding diaryl/α,β-unsaturated/α-hetero) is 1. The lowest BCUT2D eigenvalue weighted by Gasteiger charge is -2.10. The van der Waals surface area contributed by atoms with Crippen LogP contribution in [0.25, 0.3) is 0 Å². The third-order valence-corrected chi connectivity index (χ3v) is 3.00. The van der Waals surface area contributed by atoms with Gasteiger partial charge in [-0.2, -0.15) is 18.4 Å². The van der Waals surface area contributed by atoms with Crippen molar-refractivity contribution in [2.24, 2.45) is 11.3 Å². The van der Waals surface area contributed by atoms with Gasteiger partial charge in [-0.3, -0.25) is 4.79 Å². The quantitative estimate of drug-likeness (QED) is 0.744. The molecule has 1 aliphatic carbocycles. The van der Waals surface area contributed by atoms with Gasteiger partial charge in [-0.1, -0.05) is 30.3 Å². The molecule has 0 amide bonds. The molecule has 1 aliphatic rings. The minimum Gasteiger partial charge on any atom is -0.292 e. The van der Waals surface area contributed by atoms with E-state index in [1.54, 1.807) is 18.2 Å². The normalized spacial score (nSPS) is 27.3. The van der Waals surface area contributed by atoms with Gasteiger partial charge in [-0.05, 0) is 6.42 Å². The van der Waals surface area contributed by atoms with E-state index in [1.807, 2.05) is 0 Å². The molecule has 0 N–H and O–H groups in total. The lowest BCUT2D eigenvalue weighted by atomic mass is 9.93. The minimum absolute atomic E-state index is 0.154. The van der Waals surface area contributed by atoms with E-state index in [9.17, 15) is 18.0 Å². The zero-order chi connectivity index (χ0) is 12.7. The number of ketones is 1. The van der Waals surface area contributed by atoms with Crippen LogP contribution in [0.4, 0.5) is 13.2 Å². The highest BCUT2D eigenvalue weighted by atomic mass is 19.4. The van der Waals surface area contributed by atoms with Gasteiger partial charge in [0.05, 0.1) is 12.0 Å². The van der Waals surface area contributed by atoms with E-state index >= 15 is 0 Å². The first-order valence-corrected chi connectivity index (χ1v) is 4.99. The van der Waals surface area contributed by atoms with Gasteiger partial charge in [0.25, 0.3) is 0 Å². The third-order valence-electron chi connectivity index (χ3n) is 3.00. The summed E-state index contributed by atoms with van der Waals surface area (Å²) in [6.07, 6.45) is -4.92. The summed E-state index contributed by atoms with van der Waals surface area (Å²) in [5, 5.41) is 8.85. The number of halogens is 3. The van der Waals surface area contributed by atoms with E-state index in [1.165, 1.54) is 18.2 Å². The molecule has 17 heavy (non-hydrogen) atoms. The Morgan fingerprint density at radius 2 is 1.94 bits per heavy atom. The number of nitriles is 1. The van der Waals surface area contributed by atoms with Crippen LogP contribution in [-0.4, -0.2) is 12.0 Å². The van der Waals surface area contributed by atoms with Gasteiger partial charge in [0.2, 0.25) is 0 Å². The number of carbonyl (C=O) groups is 1. The van der Waals surface area contributed by atoms with Gasteiger partial charge < -0.3 is 0 Å². The number of benzene rings is 1. The first-order valence-electron chi connectivity index (χ1n) is 4.99. The number of nitrogens with zero attached hydrogens (tertiary/aromatic N) is 1. The lowest BCUT2D eigenvalue weighted by Crippen LogP contribution is -2.23. The Morgan fingerprint density at radius 1 is 1.35 bits per heavy atom. The van der Waals surface area contributed by atoms with Crippen molar-refractivity contribution in [2.45, 2.75) is 12.6 Å². The topological polar surface area (TPSA) is 40.9 Å². The van der Waals surface area contributed by atoms with Crippen molar-refractivity contribution in [3.63, 3.8) is 0 Å². The summed E-state index contributed by atoms with van der Waals surface area (Å²) >= 11 is 0. The summed E-state index contributed by atoms with van der Waals surface area (Å²) < 4.78 is 37.5. The second-order valence-corrected chi connectivity index (χ2v) is 4.08. The molecule has 0 radical (unpaired) electrons. The largest absolute Gasteiger partial charge is 0.393 e. The standard InChI is InChI=1S/C12H8F3NO/c13-12(14,15)9-6-11(9,7-16)10(17)8-4-2-1-3-5-8/h1-5,9H,6H2/t9-,11+/m0/s1. The maximum atomic E-state index is 12.5. The van der Waals surface area contributed by atoms with Gasteiger partial charge in [-0.15, -0.1) is 0 Å². The van der Waals surface area contributed by atoms with Crippen LogP contribution in [-0.2, 0) is 0 Å². The molecule has 0 spiro atoms. The highest BCUT2D eigenvalue weighted by Gasteiger charge is 2.71. The predicted octanol–water partition coefficient (Wildman–Crippen LogP) is 2.96. The molecule has 1 fully saturated rings. The zero-order valence-corrected chi connectivity index (χ0v) is 8.66. The fourth-order valence-corrected chi connectivity index (χ4v) is 1.93. The van der Waals surface area contributed by atoms with Crippen molar-refractivity contribution < 1.29 is 18.0 Å². The molecule has 1 aromatic rings. The van der Waals surface area contributed by atoms with E-state index in [4.69, 9.17) is 5.26 Å². The number of rotatable bonds is 2. The second kappa shape index (κ2) is 3.59. The molecule has 1 saturated carbocycles. The Bertz CT molecular complexity index is 489. The highest BCUT2D eigenvalue weighted by molar-refractivity contribution is 6.04. The van der Waals surface area contributed by atoms with Crippen molar-refractivity contribution in [3.05, 3.63) is 35.9 Å². The fraction of sp³-hybridized carbons (Fsp3) is 0.333. The average Bonchev–Trinajstić information content (AvgIpc) is 3.05. The molecular weight excluding hydrogens is 231 g/mol. The van der Waals surface area contributed by atoms with Crippen molar-refractivity contribution in [2.75, 3.05) is 0 Å². The molecule has 2 rings (SSSR count). The molecule has 0 bridgehead atoms. The zero-order valence-electron chi connectivity index (χ0n) is 8.66. The van der Waals surface area contributed by atoms with Crippen LogP contribution in [0.1, 0.15) is 16.8 Å². The third kappa shape index (κ3) is 1.80. The minimum atomic E-state index is -4.49. The van der Waals surface area contributed by atoms with Crippen molar-refractivity contribution in [1.82, 2.24) is 0 Å². The average molecular weight is 239 g/mol. The molecule has 1 aromatic carbocycles. The van der Waals surface area contributed by atoms with Gasteiger partial charge >= 0.3 is 6.18 Å². The SMILES string of the molecule is N#C[C@]1(C(=O)c2ccccc2)C[C@@H]1C(F)(F)F. The molecule has 0 aromatic heterocycles. The summed E-state index contributed by atoms with van der Waals surface area (Å²) in [6.45, 7) is 0. The van der Waals surface area contributed by atoms with Gasteiger partial charge in [0.1, 0.15) is 5.41 Å². The Labute approximate surface area is 95.7 Å². The molecule has 88 valence electrons. The number of hydrogen-bond acceptors (Lipinski definition) is 2. The number of alkyl halides is 3.